The van der Waals surface area contributed by atoms with E-state index in [2.05, 4.69) is 193 Å². The van der Waals surface area contributed by atoms with E-state index in [1.54, 1.807) is 0 Å². The molecule has 5 aromatic carbocycles. The Balaban J connectivity index is 1.53. The van der Waals surface area contributed by atoms with E-state index < -0.39 is 5.41 Å². The minimum absolute atomic E-state index is 0.0250. The van der Waals surface area contributed by atoms with Gasteiger partial charge in [0.05, 0.1) is 5.41 Å². The van der Waals surface area contributed by atoms with Crippen molar-refractivity contribution in [1.82, 2.24) is 0 Å². The van der Waals surface area contributed by atoms with Crippen molar-refractivity contribution in [3.05, 3.63) is 164 Å². The van der Waals surface area contributed by atoms with Crippen LogP contribution in [0.25, 0.3) is 22.3 Å². The van der Waals surface area contributed by atoms with Gasteiger partial charge in [0.25, 0.3) is 0 Å². The first-order chi connectivity index (χ1) is 24.9. The zero-order valence-electron chi connectivity index (χ0n) is 34.5. The molecule has 0 N–H and O–H groups in total. The van der Waals surface area contributed by atoms with Crippen LogP contribution in [0.15, 0.2) is 114 Å². The highest BCUT2D eigenvalue weighted by atomic mass is 14.5. The lowest BCUT2D eigenvalue weighted by atomic mass is 9.22. The monoisotopic (exact) mass is 692 g/mol. The highest BCUT2D eigenvalue weighted by Crippen LogP contribution is 2.63. The fourth-order valence-electron chi connectivity index (χ4n) is 10.8. The number of hydrogen-bond acceptors (Lipinski definition) is 0. The maximum absolute atomic E-state index is 2.57. The molecule has 5 aromatic rings. The van der Waals surface area contributed by atoms with Gasteiger partial charge in [-0.1, -0.05) is 197 Å². The van der Waals surface area contributed by atoms with Crippen LogP contribution in [0.4, 0.5) is 0 Å². The Morgan fingerprint density at radius 3 is 1.68 bits per heavy atom. The lowest BCUT2D eigenvalue weighted by Gasteiger charge is -2.45. The average Bonchev–Trinajstić information content (AvgIpc) is 3.55. The summed E-state index contributed by atoms with van der Waals surface area (Å²) in [5.41, 5.74) is 23.5. The molecule has 0 nitrogen and oxygen atoms in total. The zero-order valence-corrected chi connectivity index (χ0v) is 34.5. The van der Waals surface area contributed by atoms with Gasteiger partial charge in [0.2, 0.25) is 6.71 Å². The third-order valence-corrected chi connectivity index (χ3v) is 13.7. The van der Waals surface area contributed by atoms with Gasteiger partial charge in [-0.25, -0.2) is 0 Å². The van der Waals surface area contributed by atoms with Crippen molar-refractivity contribution in [2.75, 3.05) is 0 Å². The summed E-state index contributed by atoms with van der Waals surface area (Å²) in [4.78, 5) is 0. The molecule has 0 saturated carbocycles. The Morgan fingerprint density at radius 2 is 1.13 bits per heavy atom. The Labute approximate surface area is 320 Å². The van der Waals surface area contributed by atoms with Crippen LogP contribution in [-0.4, -0.2) is 6.71 Å². The van der Waals surface area contributed by atoms with Gasteiger partial charge >= 0.3 is 0 Å². The van der Waals surface area contributed by atoms with Crippen LogP contribution >= 0.6 is 0 Å². The van der Waals surface area contributed by atoms with Crippen molar-refractivity contribution in [2.45, 2.75) is 112 Å². The van der Waals surface area contributed by atoms with Crippen LogP contribution in [0.2, 0.25) is 5.31 Å². The van der Waals surface area contributed by atoms with Crippen LogP contribution in [-0.2, 0) is 16.2 Å². The summed E-state index contributed by atoms with van der Waals surface area (Å²) in [6, 6.07) is 36.4. The number of hydrogen-bond donors (Lipinski definition) is 0. The molecule has 0 bridgehead atoms. The molecule has 8 rings (SSSR count). The molecule has 1 spiro atoms. The van der Waals surface area contributed by atoms with Gasteiger partial charge in [-0.15, -0.1) is 0 Å². The first-order valence-corrected chi connectivity index (χ1v) is 19.9. The van der Waals surface area contributed by atoms with E-state index in [4.69, 9.17) is 0 Å². The molecule has 53 heavy (non-hydrogen) atoms. The standard InChI is InChI=1S/C52H57B/c1-31-25-33(3)48(34(4)26-31)53(51(13)35(5)27-32(2)28-36(51)6)46-20-16-19-43-47(46)41-17-14-15-18-42(41)52(43)44-29-37(49(7,8)9)21-23-39(44)40-24-22-38(30-45(40)52)50(10,11)12/h14-30,35H,1-13H3. The lowest BCUT2D eigenvalue weighted by Crippen LogP contribution is -2.56. The first kappa shape index (κ1) is 35.7. The maximum atomic E-state index is 2.57. The highest BCUT2D eigenvalue weighted by molar-refractivity contribution is 6.90. The molecule has 0 aliphatic heterocycles. The quantitative estimate of drug-likeness (QED) is 0.162. The third kappa shape index (κ3) is 5.02. The average molecular weight is 693 g/mol. The summed E-state index contributed by atoms with van der Waals surface area (Å²) in [6.07, 6.45) is 4.97. The number of aryl methyl sites for hydroxylation is 3. The lowest BCUT2D eigenvalue weighted by molar-refractivity contribution is 0.533. The molecular formula is C52H57B. The van der Waals surface area contributed by atoms with Gasteiger partial charge < -0.3 is 0 Å². The molecule has 268 valence electrons. The molecule has 2 unspecified atom stereocenters. The van der Waals surface area contributed by atoms with Crippen molar-refractivity contribution < 1.29 is 0 Å². The summed E-state index contributed by atoms with van der Waals surface area (Å²) in [7, 11) is 0. The fraction of sp³-hybridized carbons (Fsp3) is 0.346. The van der Waals surface area contributed by atoms with Crippen LogP contribution in [0, 0.1) is 26.7 Å². The minimum Gasteiger partial charge on any atom is -0.0786 e. The fourth-order valence-corrected chi connectivity index (χ4v) is 10.8. The first-order valence-electron chi connectivity index (χ1n) is 19.9. The van der Waals surface area contributed by atoms with Crippen molar-refractivity contribution in [3.63, 3.8) is 0 Å². The summed E-state index contributed by atoms with van der Waals surface area (Å²) >= 11 is 0. The normalized spacial score (nSPS) is 19.7. The Morgan fingerprint density at radius 1 is 0.585 bits per heavy atom. The second-order valence-corrected chi connectivity index (χ2v) is 19.1. The van der Waals surface area contributed by atoms with E-state index in [-0.39, 0.29) is 22.9 Å². The largest absolute Gasteiger partial charge is 0.221 e. The number of rotatable bonds is 3. The smallest absolute Gasteiger partial charge is 0.0786 e. The van der Waals surface area contributed by atoms with Crippen molar-refractivity contribution in [1.29, 1.82) is 0 Å². The van der Waals surface area contributed by atoms with E-state index in [1.165, 1.54) is 94.4 Å². The molecule has 0 saturated heterocycles. The van der Waals surface area contributed by atoms with Crippen LogP contribution in [0.3, 0.4) is 0 Å². The predicted molar refractivity (Wildman–Crippen MR) is 231 cm³/mol. The SMILES string of the molecule is CC1=CC(C)C(C)(B(c2cccc3c2-c2ccccc2C32c3cc(C(C)(C)C)ccc3-c3ccc(C(C)(C)C)cc32)c2c(C)cc(C)cc2C)C(C)=C1. The predicted octanol–water partition coefficient (Wildman–Crippen LogP) is 12.5. The Hall–Kier alpha value is -4.36. The third-order valence-electron chi connectivity index (χ3n) is 13.7. The molecule has 3 aliphatic carbocycles. The maximum Gasteiger partial charge on any atom is 0.221 e. The number of fused-ring (bicyclic) bond motifs is 10. The van der Waals surface area contributed by atoms with Gasteiger partial charge in [0.15, 0.2) is 0 Å². The van der Waals surface area contributed by atoms with E-state index in [0.29, 0.717) is 5.92 Å². The van der Waals surface area contributed by atoms with E-state index in [1.807, 2.05) is 0 Å². The summed E-state index contributed by atoms with van der Waals surface area (Å²) < 4.78 is 0. The molecule has 3 aliphatic rings. The van der Waals surface area contributed by atoms with Gasteiger partial charge in [0, 0.05) is 0 Å². The van der Waals surface area contributed by atoms with E-state index >= 15 is 0 Å². The summed E-state index contributed by atoms with van der Waals surface area (Å²) in [5.74, 6) is 0.357. The molecule has 1 heteroatoms. The minimum atomic E-state index is -0.419. The van der Waals surface area contributed by atoms with Crippen LogP contribution in [0.5, 0.6) is 0 Å². The van der Waals surface area contributed by atoms with Crippen LogP contribution < -0.4 is 10.9 Å². The second kappa shape index (κ2) is 11.8. The van der Waals surface area contributed by atoms with Gasteiger partial charge in [-0.05, 0) is 112 Å². The van der Waals surface area contributed by atoms with Crippen molar-refractivity contribution in [3.8, 4) is 22.3 Å². The second-order valence-electron chi connectivity index (χ2n) is 19.1. The molecule has 2 atom stereocenters. The van der Waals surface area contributed by atoms with E-state index in [0.717, 1.165) is 0 Å². The van der Waals surface area contributed by atoms with Crippen molar-refractivity contribution >= 4 is 17.6 Å². The van der Waals surface area contributed by atoms with Gasteiger partial charge in [-0.2, -0.15) is 0 Å². The Bertz CT molecular complexity index is 2310. The Kier molecular flexibility index (Phi) is 7.95. The zero-order chi connectivity index (χ0) is 38.0. The molecule has 0 aromatic heterocycles. The topological polar surface area (TPSA) is 0 Å². The highest BCUT2D eigenvalue weighted by Gasteiger charge is 2.55. The molecular weight excluding hydrogens is 635 g/mol. The number of allylic oxidation sites excluding steroid dienone is 4. The molecule has 0 fully saturated rings. The van der Waals surface area contributed by atoms with Crippen LogP contribution in [0.1, 0.15) is 119 Å². The number of benzene rings is 5. The van der Waals surface area contributed by atoms with Crippen molar-refractivity contribution in [2.24, 2.45) is 5.92 Å². The van der Waals surface area contributed by atoms with Gasteiger partial charge in [0.1, 0.15) is 0 Å². The summed E-state index contributed by atoms with van der Waals surface area (Å²) in [6.45, 7) is 30.9. The molecule has 0 amide bonds. The van der Waals surface area contributed by atoms with E-state index in [9.17, 15) is 0 Å². The van der Waals surface area contributed by atoms with Gasteiger partial charge in [-0.3, -0.25) is 0 Å². The molecule has 0 radical (unpaired) electrons. The molecule has 0 heterocycles. The summed E-state index contributed by atoms with van der Waals surface area (Å²) in [5, 5.41) is -0.131.